The highest BCUT2D eigenvalue weighted by Crippen LogP contribution is 2.53. The van der Waals surface area contributed by atoms with Crippen LogP contribution in [0.4, 0.5) is 13.2 Å². The molecule has 0 saturated heterocycles. The van der Waals surface area contributed by atoms with Gasteiger partial charge in [0.1, 0.15) is 11.4 Å². The van der Waals surface area contributed by atoms with Gasteiger partial charge in [-0.05, 0) is 53.0 Å². The first kappa shape index (κ1) is 29.9. The summed E-state index contributed by atoms with van der Waals surface area (Å²) in [5, 5.41) is 0. The van der Waals surface area contributed by atoms with Crippen molar-refractivity contribution in [2.75, 3.05) is 5.88 Å². The van der Waals surface area contributed by atoms with Crippen LogP contribution in [0.25, 0.3) is 0 Å². The van der Waals surface area contributed by atoms with Crippen molar-refractivity contribution in [3.8, 4) is 0 Å². The molecule has 212 valence electrons. The van der Waals surface area contributed by atoms with E-state index in [4.69, 9.17) is 11.6 Å². The molecule has 3 aromatic carbocycles. The van der Waals surface area contributed by atoms with Crippen LogP contribution in [0.15, 0.2) is 84.9 Å². The van der Waals surface area contributed by atoms with Gasteiger partial charge < -0.3 is 4.90 Å². The SMILES string of the molecule is CC(C)(C)C1CC(C(=O)CC(c2ccccc2)c2ccccc2)(N(Cc2ccc(C(F)(F)F)cc2)C(=O)CCl)C1. The van der Waals surface area contributed by atoms with Gasteiger partial charge in [0.25, 0.3) is 0 Å². The van der Waals surface area contributed by atoms with E-state index in [-0.39, 0.29) is 41.9 Å². The quantitative estimate of drug-likeness (QED) is 0.243. The van der Waals surface area contributed by atoms with Crippen molar-refractivity contribution in [1.29, 1.82) is 0 Å². The van der Waals surface area contributed by atoms with Crippen LogP contribution in [-0.2, 0) is 22.3 Å². The predicted molar refractivity (Wildman–Crippen MR) is 152 cm³/mol. The topological polar surface area (TPSA) is 37.4 Å². The van der Waals surface area contributed by atoms with Crippen LogP contribution in [0.2, 0.25) is 0 Å². The molecule has 0 heterocycles. The number of ketones is 1. The van der Waals surface area contributed by atoms with Crippen molar-refractivity contribution in [1.82, 2.24) is 4.90 Å². The van der Waals surface area contributed by atoms with Crippen LogP contribution >= 0.6 is 11.6 Å². The molecule has 0 aromatic heterocycles. The second-order valence-corrected chi connectivity index (χ2v) is 12.1. The Morgan fingerprint density at radius 1 is 0.875 bits per heavy atom. The van der Waals surface area contributed by atoms with Gasteiger partial charge in [0.05, 0.1) is 5.56 Å². The lowest BCUT2D eigenvalue weighted by Gasteiger charge is -2.57. The number of carbonyl (C=O) groups excluding carboxylic acids is 2. The van der Waals surface area contributed by atoms with Gasteiger partial charge in [-0.3, -0.25) is 9.59 Å². The fraction of sp³-hybridized carbons (Fsp3) is 0.394. The van der Waals surface area contributed by atoms with Gasteiger partial charge >= 0.3 is 6.18 Å². The van der Waals surface area contributed by atoms with Crippen molar-refractivity contribution in [2.24, 2.45) is 11.3 Å². The highest BCUT2D eigenvalue weighted by Gasteiger charge is 2.57. The van der Waals surface area contributed by atoms with E-state index in [2.05, 4.69) is 20.8 Å². The fourth-order valence-electron chi connectivity index (χ4n) is 5.67. The summed E-state index contributed by atoms with van der Waals surface area (Å²) in [7, 11) is 0. The van der Waals surface area contributed by atoms with Crippen molar-refractivity contribution in [3.05, 3.63) is 107 Å². The number of hydrogen-bond donors (Lipinski definition) is 0. The lowest BCUT2D eigenvalue weighted by Crippen LogP contribution is -2.66. The summed E-state index contributed by atoms with van der Waals surface area (Å²) < 4.78 is 39.5. The largest absolute Gasteiger partial charge is 0.416 e. The third-order valence-electron chi connectivity index (χ3n) is 8.26. The first-order valence-corrected chi connectivity index (χ1v) is 14.0. The molecule has 7 heteroatoms. The van der Waals surface area contributed by atoms with Crippen LogP contribution in [0, 0.1) is 11.3 Å². The number of nitrogens with zero attached hydrogens (tertiary/aromatic N) is 1. The van der Waals surface area contributed by atoms with Crippen LogP contribution in [0.5, 0.6) is 0 Å². The van der Waals surface area contributed by atoms with Crippen LogP contribution < -0.4 is 0 Å². The van der Waals surface area contributed by atoms with Gasteiger partial charge in [0.2, 0.25) is 5.91 Å². The second-order valence-electron chi connectivity index (χ2n) is 11.8. The molecule has 1 saturated carbocycles. The number of halogens is 4. The van der Waals surface area contributed by atoms with Gasteiger partial charge in [-0.2, -0.15) is 13.2 Å². The number of hydrogen-bond acceptors (Lipinski definition) is 2. The van der Waals surface area contributed by atoms with E-state index in [1.165, 1.54) is 17.0 Å². The molecule has 0 unspecified atom stereocenters. The van der Waals surface area contributed by atoms with Gasteiger partial charge in [-0.15, -0.1) is 11.6 Å². The van der Waals surface area contributed by atoms with E-state index in [9.17, 15) is 22.8 Å². The highest BCUT2D eigenvalue weighted by atomic mass is 35.5. The normalized spacial score (nSPS) is 19.2. The number of Topliss-reactive ketones (excluding diaryl/α,β-unsaturated/α-hetero) is 1. The van der Waals surface area contributed by atoms with Crippen molar-refractivity contribution in [3.63, 3.8) is 0 Å². The molecule has 0 bridgehead atoms. The third kappa shape index (κ3) is 6.43. The molecule has 1 aliphatic carbocycles. The van der Waals surface area contributed by atoms with E-state index in [0.29, 0.717) is 18.4 Å². The van der Waals surface area contributed by atoms with Gasteiger partial charge in [0.15, 0.2) is 5.78 Å². The highest BCUT2D eigenvalue weighted by molar-refractivity contribution is 6.27. The molecule has 1 fully saturated rings. The molecule has 0 radical (unpaired) electrons. The van der Waals surface area contributed by atoms with Gasteiger partial charge in [-0.1, -0.05) is 93.6 Å². The molecule has 1 aliphatic rings. The van der Waals surface area contributed by atoms with E-state index in [1.807, 2.05) is 60.7 Å². The lowest BCUT2D eigenvalue weighted by molar-refractivity contribution is -0.160. The molecule has 0 spiro atoms. The van der Waals surface area contributed by atoms with Crippen LogP contribution in [0.1, 0.15) is 68.2 Å². The fourth-order valence-corrected chi connectivity index (χ4v) is 5.82. The Labute approximate surface area is 239 Å². The molecule has 0 atom stereocenters. The van der Waals surface area contributed by atoms with E-state index in [0.717, 1.165) is 23.3 Å². The van der Waals surface area contributed by atoms with Crippen molar-refractivity contribution >= 4 is 23.3 Å². The van der Waals surface area contributed by atoms with Gasteiger partial charge in [-0.25, -0.2) is 0 Å². The summed E-state index contributed by atoms with van der Waals surface area (Å²) in [6, 6.07) is 24.4. The van der Waals surface area contributed by atoms with Crippen LogP contribution in [0.3, 0.4) is 0 Å². The summed E-state index contributed by atoms with van der Waals surface area (Å²) in [5.74, 6) is -0.799. The molecule has 0 N–H and O–H groups in total. The van der Waals surface area contributed by atoms with Crippen molar-refractivity contribution < 1.29 is 22.8 Å². The number of alkyl halides is 4. The Morgan fingerprint density at radius 2 is 1.38 bits per heavy atom. The smallest absolute Gasteiger partial charge is 0.325 e. The van der Waals surface area contributed by atoms with E-state index in [1.54, 1.807) is 0 Å². The average Bonchev–Trinajstić information content (AvgIpc) is 2.90. The minimum absolute atomic E-state index is 0.00757. The summed E-state index contributed by atoms with van der Waals surface area (Å²) in [5.41, 5.74) is 0.590. The number of amides is 1. The zero-order valence-corrected chi connectivity index (χ0v) is 23.8. The summed E-state index contributed by atoms with van der Waals surface area (Å²) in [6.45, 7) is 6.36. The maximum Gasteiger partial charge on any atom is 0.416 e. The number of rotatable bonds is 9. The Hall–Kier alpha value is -3.12. The standard InChI is InChI=1S/C33H35ClF3NO2/c1-31(2,3)27-19-32(20-27,38(30(40)21-34)22-23-14-16-26(17-15-23)33(35,36)37)29(39)18-28(24-10-6-4-7-11-24)25-12-8-5-9-13-25/h4-17,27-28H,18-22H2,1-3H3. The van der Waals surface area contributed by atoms with E-state index >= 15 is 0 Å². The average molecular weight is 570 g/mol. The third-order valence-corrected chi connectivity index (χ3v) is 8.49. The number of carbonyl (C=O) groups is 2. The second kappa shape index (κ2) is 11.8. The monoisotopic (exact) mass is 569 g/mol. The Kier molecular flexibility index (Phi) is 8.79. The lowest BCUT2D eigenvalue weighted by atomic mass is 9.56. The maximum absolute atomic E-state index is 14.4. The Bertz CT molecular complexity index is 1260. The molecule has 3 aromatic rings. The maximum atomic E-state index is 14.4. The molecular formula is C33H35ClF3NO2. The number of benzene rings is 3. The minimum atomic E-state index is -4.46. The first-order valence-electron chi connectivity index (χ1n) is 13.5. The Morgan fingerprint density at radius 3 is 1.80 bits per heavy atom. The van der Waals surface area contributed by atoms with Crippen LogP contribution in [-0.4, -0.2) is 28.0 Å². The molecule has 1 amide bonds. The zero-order chi connectivity index (χ0) is 29.1. The molecule has 4 rings (SSSR count). The molecule has 40 heavy (non-hydrogen) atoms. The van der Waals surface area contributed by atoms with Gasteiger partial charge in [0, 0.05) is 18.9 Å². The molecule has 0 aliphatic heterocycles. The van der Waals surface area contributed by atoms with E-state index < -0.39 is 23.2 Å². The zero-order valence-electron chi connectivity index (χ0n) is 23.0. The summed E-state index contributed by atoms with van der Waals surface area (Å²) in [4.78, 5) is 29.3. The molecule has 3 nitrogen and oxygen atoms in total. The van der Waals surface area contributed by atoms with Crippen molar-refractivity contribution in [2.45, 2.75) is 64.2 Å². The molecular weight excluding hydrogens is 535 g/mol. The summed E-state index contributed by atoms with van der Waals surface area (Å²) >= 11 is 6.06. The predicted octanol–water partition coefficient (Wildman–Crippen LogP) is 8.26. The Balaban J connectivity index is 1.71. The minimum Gasteiger partial charge on any atom is -0.325 e. The summed E-state index contributed by atoms with van der Waals surface area (Å²) in [6.07, 6.45) is -3.31. The first-order chi connectivity index (χ1) is 18.8.